The Morgan fingerprint density at radius 1 is 1.39 bits per heavy atom. The molecular formula is C14H15BrFNO. The van der Waals surface area contributed by atoms with Gasteiger partial charge in [-0.2, -0.15) is 0 Å². The first-order valence-electron chi connectivity index (χ1n) is 5.85. The Bertz CT molecular complexity index is 538. The van der Waals surface area contributed by atoms with Crippen LogP contribution in [0.3, 0.4) is 0 Å². The molecule has 18 heavy (non-hydrogen) atoms. The van der Waals surface area contributed by atoms with Crippen molar-refractivity contribution in [3.8, 4) is 0 Å². The Morgan fingerprint density at radius 3 is 2.78 bits per heavy atom. The molecule has 0 aliphatic heterocycles. The van der Waals surface area contributed by atoms with E-state index in [2.05, 4.69) is 21.2 Å². The minimum Gasteiger partial charge on any atom is -0.466 e. The maximum atomic E-state index is 13.4. The van der Waals surface area contributed by atoms with E-state index < -0.39 is 0 Å². The fourth-order valence-electron chi connectivity index (χ4n) is 1.98. The van der Waals surface area contributed by atoms with Crippen LogP contribution < -0.4 is 5.32 Å². The Labute approximate surface area is 114 Å². The highest BCUT2D eigenvalue weighted by molar-refractivity contribution is 9.10. The minimum absolute atomic E-state index is 0.143. The smallest absolute Gasteiger partial charge is 0.139 e. The van der Waals surface area contributed by atoms with Crippen LogP contribution in [0.4, 0.5) is 4.39 Å². The van der Waals surface area contributed by atoms with E-state index in [1.807, 2.05) is 19.9 Å². The Kier molecular flexibility index (Phi) is 4.19. The lowest BCUT2D eigenvalue weighted by molar-refractivity contribution is 0.448. The first-order chi connectivity index (χ1) is 8.63. The molecule has 1 unspecified atom stereocenters. The van der Waals surface area contributed by atoms with E-state index in [0.717, 1.165) is 27.9 Å². The van der Waals surface area contributed by atoms with Crippen LogP contribution in [0.2, 0.25) is 0 Å². The molecule has 0 aliphatic carbocycles. The normalized spacial score (nSPS) is 12.7. The number of rotatable bonds is 4. The topological polar surface area (TPSA) is 25.2 Å². The van der Waals surface area contributed by atoms with Gasteiger partial charge in [0.25, 0.3) is 0 Å². The summed E-state index contributed by atoms with van der Waals surface area (Å²) in [6, 6.07) is 6.51. The molecule has 1 aromatic carbocycles. The summed E-state index contributed by atoms with van der Waals surface area (Å²) >= 11 is 3.45. The number of hydrogen-bond acceptors (Lipinski definition) is 2. The van der Waals surface area contributed by atoms with Crippen LogP contribution in [0.25, 0.3) is 0 Å². The van der Waals surface area contributed by atoms with Crippen LogP contribution in [-0.2, 0) is 0 Å². The standard InChI is InChI=1S/C14H15BrFNO/c1-3-17-13(14-12(15)6-7-18-14)11-8-10(16)5-4-9(11)2/h4-8,13,17H,3H2,1-2H3. The summed E-state index contributed by atoms with van der Waals surface area (Å²) in [6.45, 7) is 4.75. The van der Waals surface area contributed by atoms with Gasteiger partial charge in [0, 0.05) is 0 Å². The molecule has 0 saturated heterocycles. The monoisotopic (exact) mass is 311 g/mol. The van der Waals surface area contributed by atoms with Gasteiger partial charge >= 0.3 is 0 Å². The largest absolute Gasteiger partial charge is 0.466 e. The minimum atomic E-state index is -0.235. The molecule has 2 rings (SSSR count). The summed E-state index contributed by atoms with van der Waals surface area (Å²) in [6.07, 6.45) is 1.62. The van der Waals surface area contributed by atoms with Crippen LogP contribution in [0, 0.1) is 12.7 Å². The first-order valence-corrected chi connectivity index (χ1v) is 6.65. The fourth-order valence-corrected chi connectivity index (χ4v) is 2.41. The van der Waals surface area contributed by atoms with Crippen molar-refractivity contribution < 1.29 is 8.81 Å². The highest BCUT2D eigenvalue weighted by Crippen LogP contribution is 2.31. The zero-order valence-corrected chi connectivity index (χ0v) is 11.9. The SMILES string of the molecule is CCNC(c1cc(F)ccc1C)c1occc1Br. The zero-order chi connectivity index (χ0) is 13.1. The Hall–Kier alpha value is -1.13. The molecule has 1 atom stereocenters. The van der Waals surface area contributed by atoms with Crippen molar-refractivity contribution in [3.05, 3.63) is 57.7 Å². The van der Waals surface area contributed by atoms with Crippen molar-refractivity contribution in [2.24, 2.45) is 0 Å². The third kappa shape index (κ3) is 2.65. The van der Waals surface area contributed by atoms with Crippen molar-refractivity contribution in [2.45, 2.75) is 19.9 Å². The van der Waals surface area contributed by atoms with Gasteiger partial charge in [-0.3, -0.25) is 0 Å². The lowest BCUT2D eigenvalue weighted by Gasteiger charge is -2.19. The highest BCUT2D eigenvalue weighted by Gasteiger charge is 2.21. The third-order valence-electron chi connectivity index (χ3n) is 2.87. The summed E-state index contributed by atoms with van der Waals surface area (Å²) < 4.78 is 19.8. The van der Waals surface area contributed by atoms with Crippen molar-refractivity contribution in [1.29, 1.82) is 0 Å². The first kappa shape index (κ1) is 13.3. The Morgan fingerprint density at radius 2 is 2.17 bits per heavy atom. The highest BCUT2D eigenvalue weighted by atomic mass is 79.9. The number of halogens is 2. The van der Waals surface area contributed by atoms with Gasteiger partial charge in [0.1, 0.15) is 11.6 Å². The van der Waals surface area contributed by atoms with Crippen LogP contribution >= 0.6 is 15.9 Å². The molecule has 0 fully saturated rings. The van der Waals surface area contributed by atoms with Crippen LogP contribution in [0.5, 0.6) is 0 Å². The van der Waals surface area contributed by atoms with Crippen LogP contribution in [-0.4, -0.2) is 6.54 Å². The van der Waals surface area contributed by atoms with Gasteiger partial charge < -0.3 is 9.73 Å². The molecule has 0 radical (unpaired) electrons. The number of hydrogen-bond donors (Lipinski definition) is 1. The van der Waals surface area contributed by atoms with Gasteiger partial charge in [-0.15, -0.1) is 0 Å². The van der Waals surface area contributed by atoms with Gasteiger partial charge in [-0.1, -0.05) is 13.0 Å². The van der Waals surface area contributed by atoms with E-state index in [1.54, 1.807) is 18.4 Å². The lowest BCUT2D eigenvalue weighted by atomic mass is 9.99. The fraction of sp³-hybridized carbons (Fsp3) is 0.286. The van der Waals surface area contributed by atoms with Crippen molar-refractivity contribution in [2.75, 3.05) is 6.54 Å². The van der Waals surface area contributed by atoms with E-state index in [9.17, 15) is 4.39 Å². The molecule has 0 spiro atoms. The maximum Gasteiger partial charge on any atom is 0.139 e. The summed E-state index contributed by atoms with van der Waals surface area (Å²) in [4.78, 5) is 0. The molecule has 0 amide bonds. The number of benzene rings is 1. The molecule has 1 aromatic heterocycles. The lowest BCUT2D eigenvalue weighted by Crippen LogP contribution is -2.22. The van der Waals surface area contributed by atoms with Gasteiger partial charge in [0.15, 0.2) is 0 Å². The second kappa shape index (κ2) is 5.67. The van der Waals surface area contributed by atoms with E-state index in [4.69, 9.17) is 4.42 Å². The molecule has 4 heteroatoms. The zero-order valence-electron chi connectivity index (χ0n) is 10.3. The second-order valence-electron chi connectivity index (χ2n) is 4.12. The molecule has 96 valence electrons. The van der Waals surface area contributed by atoms with Crippen molar-refractivity contribution in [1.82, 2.24) is 5.32 Å². The molecule has 0 bridgehead atoms. The number of furan rings is 1. The molecule has 0 aliphatic rings. The molecule has 0 saturated carbocycles. The summed E-state index contributed by atoms with van der Waals surface area (Å²) in [5.74, 6) is 0.534. The van der Waals surface area contributed by atoms with Gasteiger partial charge in [0.05, 0.1) is 16.8 Å². The molecule has 1 N–H and O–H groups in total. The molecule has 2 aromatic rings. The molecular weight excluding hydrogens is 297 g/mol. The second-order valence-corrected chi connectivity index (χ2v) is 4.98. The molecule has 2 nitrogen and oxygen atoms in total. The average Bonchev–Trinajstić information content (AvgIpc) is 2.76. The maximum absolute atomic E-state index is 13.4. The predicted octanol–water partition coefficient (Wildman–Crippen LogP) is 4.19. The number of nitrogens with one attached hydrogen (secondary N) is 1. The summed E-state index contributed by atoms with van der Waals surface area (Å²) in [5, 5.41) is 3.32. The van der Waals surface area contributed by atoms with Crippen LogP contribution in [0.15, 0.2) is 39.4 Å². The predicted molar refractivity (Wildman–Crippen MR) is 73.1 cm³/mol. The van der Waals surface area contributed by atoms with Crippen molar-refractivity contribution in [3.63, 3.8) is 0 Å². The van der Waals surface area contributed by atoms with Gasteiger partial charge in [-0.25, -0.2) is 4.39 Å². The van der Waals surface area contributed by atoms with Gasteiger partial charge in [0.2, 0.25) is 0 Å². The van der Waals surface area contributed by atoms with Crippen molar-refractivity contribution >= 4 is 15.9 Å². The Balaban J connectivity index is 2.48. The molecule has 1 heterocycles. The third-order valence-corrected chi connectivity index (χ3v) is 3.52. The van der Waals surface area contributed by atoms with E-state index in [0.29, 0.717) is 0 Å². The van der Waals surface area contributed by atoms with Crippen LogP contribution in [0.1, 0.15) is 29.9 Å². The van der Waals surface area contributed by atoms with E-state index in [1.165, 1.54) is 6.07 Å². The summed E-state index contributed by atoms with van der Waals surface area (Å²) in [7, 11) is 0. The van der Waals surface area contributed by atoms with E-state index in [-0.39, 0.29) is 11.9 Å². The quantitative estimate of drug-likeness (QED) is 0.916. The average molecular weight is 312 g/mol. The number of aryl methyl sites for hydroxylation is 1. The van der Waals surface area contributed by atoms with E-state index >= 15 is 0 Å². The van der Waals surface area contributed by atoms with Gasteiger partial charge in [-0.05, 0) is 58.7 Å². The summed E-state index contributed by atoms with van der Waals surface area (Å²) in [5.41, 5.74) is 1.93.